The number of nitrogens with zero attached hydrogens (tertiary/aromatic N) is 1. The van der Waals surface area contributed by atoms with Crippen molar-refractivity contribution < 1.29 is 4.79 Å². The minimum atomic E-state index is -0.441. The zero-order chi connectivity index (χ0) is 14.9. The Kier molecular flexibility index (Phi) is 4.04. The molecular weight excluding hydrogens is 250 g/mol. The van der Waals surface area contributed by atoms with Crippen molar-refractivity contribution in [2.45, 2.75) is 39.2 Å². The highest BCUT2D eigenvalue weighted by Crippen LogP contribution is 2.38. The van der Waals surface area contributed by atoms with Crippen molar-refractivity contribution in [1.82, 2.24) is 0 Å². The van der Waals surface area contributed by atoms with E-state index in [9.17, 15) is 4.79 Å². The van der Waals surface area contributed by atoms with Gasteiger partial charge in [0, 0.05) is 31.5 Å². The van der Waals surface area contributed by atoms with Gasteiger partial charge in [-0.05, 0) is 44.4 Å². The van der Waals surface area contributed by atoms with Gasteiger partial charge in [-0.15, -0.1) is 0 Å². The maximum absolute atomic E-state index is 12.5. The summed E-state index contributed by atoms with van der Waals surface area (Å²) in [6.45, 7) is 4.04. The fourth-order valence-corrected chi connectivity index (χ4v) is 2.92. The summed E-state index contributed by atoms with van der Waals surface area (Å²) in [5.41, 5.74) is 8.80. The van der Waals surface area contributed by atoms with Crippen LogP contribution in [0.5, 0.6) is 0 Å². The van der Waals surface area contributed by atoms with Crippen LogP contribution < -0.4 is 16.0 Å². The third-order valence-electron chi connectivity index (χ3n) is 4.50. The fraction of sp³-hybridized carbons (Fsp3) is 0.562. The summed E-state index contributed by atoms with van der Waals surface area (Å²) >= 11 is 0. The second kappa shape index (κ2) is 5.44. The third kappa shape index (κ3) is 2.66. The number of amides is 1. The summed E-state index contributed by atoms with van der Waals surface area (Å²) in [5.74, 6) is 0.0380. The van der Waals surface area contributed by atoms with Gasteiger partial charge in [-0.2, -0.15) is 0 Å². The van der Waals surface area contributed by atoms with Crippen LogP contribution in [-0.4, -0.2) is 26.0 Å². The van der Waals surface area contributed by atoms with Crippen molar-refractivity contribution in [2.75, 3.05) is 24.3 Å². The maximum atomic E-state index is 12.5. The molecule has 3 N–H and O–H groups in total. The second-order valence-electron chi connectivity index (χ2n) is 6.27. The van der Waals surface area contributed by atoms with Crippen LogP contribution in [0.4, 0.5) is 11.4 Å². The fourth-order valence-electron chi connectivity index (χ4n) is 2.92. The summed E-state index contributed by atoms with van der Waals surface area (Å²) in [7, 11) is 4.00. The minimum Gasteiger partial charge on any atom is -0.377 e. The molecule has 0 bridgehead atoms. The number of anilines is 2. The summed E-state index contributed by atoms with van der Waals surface area (Å²) in [6.07, 6.45) is 2.83. The summed E-state index contributed by atoms with van der Waals surface area (Å²) in [5, 5.41) is 3.03. The Bertz CT molecular complexity index is 512. The highest BCUT2D eigenvalue weighted by atomic mass is 16.2. The number of carbonyl (C=O) groups is 1. The first-order valence-electron chi connectivity index (χ1n) is 7.19. The topological polar surface area (TPSA) is 58.4 Å². The molecule has 2 atom stereocenters. The number of carbonyl (C=O) groups excluding carboxylic acids is 1. The van der Waals surface area contributed by atoms with E-state index in [1.165, 1.54) is 5.56 Å². The molecule has 1 fully saturated rings. The van der Waals surface area contributed by atoms with Gasteiger partial charge in [-0.3, -0.25) is 4.79 Å². The van der Waals surface area contributed by atoms with Crippen LogP contribution in [0.15, 0.2) is 18.2 Å². The Labute approximate surface area is 121 Å². The van der Waals surface area contributed by atoms with E-state index in [0.717, 1.165) is 30.6 Å². The molecule has 1 aliphatic carbocycles. The summed E-state index contributed by atoms with van der Waals surface area (Å²) < 4.78 is 0. The van der Waals surface area contributed by atoms with Crippen molar-refractivity contribution in [1.29, 1.82) is 0 Å². The quantitative estimate of drug-likeness (QED) is 0.891. The number of nitrogens with two attached hydrogens (primary N) is 1. The molecule has 1 aromatic carbocycles. The van der Waals surface area contributed by atoms with Crippen LogP contribution in [0.1, 0.15) is 31.7 Å². The van der Waals surface area contributed by atoms with Gasteiger partial charge in [0.05, 0.1) is 5.41 Å². The zero-order valence-corrected chi connectivity index (χ0v) is 12.9. The van der Waals surface area contributed by atoms with E-state index in [-0.39, 0.29) is 11.9 Å². The monoisotopic (exact) mass is 275 g/mol. The summed E-state index contributed by atoms with van der Waals surface area (Å²) in [6, 6.07) is 5.95. The highest BCUT2D eigenvalue weighted by Gasteiger charge is 2.42. The van der Waals surface area contributed by atoms with E-state index >= 15 is 0 Å². The average Bonchev–Trinajstić information content (AvgIpc) is 2.73. The average molecular weight is 275 g/mol. The predicted molar refractivity (Wildman–Crippen MR) is 84.1 cm³/mol. The largest absolute Gasteiger partial charge is 0.377 e. The van der Waals surface area contributed by atoms with E-state index < -0.39 is 5.41 Å². The Morgan fingerprint density at radius 2 is 2.15 bits per heavy atom. The smallest absolute Gasteiger partial charge is 0.231 e. The first-order valence-corrected chi connectivity index (χ1v) is 7.19. The van der Waals surface area contributed by atoms with Crippen molar-refractivity contribution in [3.8, 4) is 0 Å². The van der Waals surface area contributed by atoms with Gasteiger partial charge < -0.3 is 16.0 Å². The molecule has 0 aromatic heterocycles. The molecule has 0 saturated heterocycles. The maximum Gasteiger partial charge on any atom is 0.231 e. The minimum absolute atomic E-state index is 0.0380. The molecule has 0 heterocycles. The van der Waals surface area contributed by atoms with Crippen LogP contribution in [0.25, 0.3) is 0 Å². The Morgan fingerprint density at radius 3 is 2.70 bits per heavy atom. The lowest BCUT2D eigenvalue weighted by atomic mass is 9.84. The van der Waals surface area contributed by atoms with Gasteiger partial charge in [0.15, 0.2) is 0 Å². The van der Waals surface area contributed by atoms with E-state index in [1.807, 2.05) is 44.1 Å². The molecular formula is C16H25N3O. The Hall–Kier alpha value is -1.55. The van der Waals surface area contributed by atoms with Gasteiger partial charge >= 0.3 is 0 Å². The van der Waals surface area contributed by atoms with Gasteiger partial charge in [0.1, 0.15) is 0 Å². The lowest BCUT2D eigenvalue weighted by Crippen LogP contribution is -2.44. The summed E-state index contributed by atoms with van der Waals surface area (Å²) in [4.78, 5) is 14.6. The molecule has 20 heavy (non-hydrogen) atoms. The molecule has 4 nitrogen and oxygen atoms in total. The molecule has 0 aliphatic heterocycles. The number of benzene rings is 1. The number of rotatable bonds is 3. The van der Waals surface area contributed by atoms with Crippen molar-refractivity contribution >= 4 is 17.3 Å². The Morgan fingerprint density at radius 1 is 1.45 bits per heavy atom. The van der Waals surface area contributed by atoms with Crippen molar-refractivity contribution in [2.24, 2.45) is 11.1 Å². The molecule has 1 amide bonds. The Balaban J connectivity index is 2.18. The molecule has 2 rings (SSSR count). The van der Waals surface area contributed by atoms with E-state index in [1.54, 1.807) is 0 Å². The van der Waals surface area contributed by atoms with Crippen LogP contribution >= 0.6 is 0 Å². The molecule has 1 aliphatic rings. The van der Waals surface area contributed by atoms with Crippen LogP contribution in [-0.2, 0) is 4.79 Å². The van der Waals surface area contributed by atoms with Gasteiger partial charge in [-0.25, -0.2) is 0 Å². The number of hydrogen-bond donors (Lipinski definition) is 2. The van der Waals surface area contributed by atoms with E-state index in [2.05, 4.69) is 12.2 Å². The molecule has 4 heteroatoms. The molecule has 2 unspecified atom stereocenters. The SMILES string of the molecule is Cc1ccc(NC(=O)C2(C)CCCC2N)cc1N(C)C. The van der Waals surface area contributed by atoms with Gasteiger partial charge in [0.2, 0.25) is 5.91 Å². The molecule has 1 saturated carbocycles. The lowest BCUT2D eigenvalue weighted by molar-refractivity contribution is -0.125. The highest BCUT2D eigenvalue weighted by molar-refractivity contribution is 5.96. The third-order valence-corrected chi connectivity index (χ3v) is 4.50. The van der Waals surface area contributed by atoms with E-state index in [4.69, 9.17) is 5.73 Å². The van der Waals surface area contributed by atoms with Gasteiger partial charge in [0.25, 0.3) is 0 Å². The zero-order valence-electron chi connectivity index (χ0n) is 12.9. The van der Waals surface area contributed by atoms with Crippen LogP contribution in [0, 0.1) is 12.3 Å². The van der Waals surface area contributed by atoms with Crippen LogP contribution in [0.2, 0.25) is 0 Å². The normalized spacial score (nSPS) is 25.6. The predicted octanol–water partition coefficient (Wildman–Crippen LogP) is 2.52. The first kappa shape index (κ1) is 14.9. The van der Waals surface area contributed by atoms with E-state index in [0.29, 0.717) is 0 Å². The molecule has 1 aromatic rings. The first-order chi connectivity index (χ1) is 9.34. The van der Waals surface area contributed by atoms with Crippen molar-refractivity contribution in [3.05, 3.63) is 23.8 Å². The molecule has 0 radical (unpaired) electrons. The number of hydrogen-bond acceptors (Lipinski definition) is 3. The molecule has 110 valence electrons. The lowest BCUT2D eigenvalue weighted by Gasteiger charge is -2.28. The van der Waals surface area contributed by atoms with Gasteiger partial charge in [-0.1, -0.05) is 12.5 Å². The van der Waals surface area contributed by atoms with Crippen LogP contribution in [0.3, 0.4) is 0 Å². The van der Waals surface area contributed by atoms with Crippen molar-refractivity contribution in [3.63, 3.8) is 0 Å². The molecule has 0 spiro atoms. The standard InChI is InChI=1S/C16H25N3O/c1-11-7-8-12(10-13(11)19(3)4)18-15(20)16(2)9-5-6-14(16)17/h7-8,10,14H,5-6,9,17H2,1-4H3,(H,18,20). The second-order valence-corrected chi connectivity index (χ2v) is 6.27. The number of aryl methyl sites for hydroxylation is 1. The number of nitrogens with one attached hydrogen (secondary N) is 1.